The Morgan fingerprint density at radius 1 is 0.969 bits per heavy atom. The number of ether oxygens (including phenoxy) is 2. The molecule has 0 spiro atoms. The average Bonchev–Trinajstić information content (AvgIpc) is 3.26. The summed E-state index contributed by atoms with van der Waals surface area (Å²) in [5, 5.41) is 3.54. The molecule has 4 rings (SSSR count). The van der Waals surface area contributed by atoms with E-state index in [-0.39, 0.29) is 36.2 Å². The van der Waals surface area contributed by atoms with E-state index in [1.165, 1.54) is 30.6 Å². The fourth-order valence-corrected chi connectivity index (χ4v) is 4.78. The predicted octanol–water partition coefficient (Wildman–Crippen LogP) is 2.40. The Morgan fingerprint density at radius 2 is 1.75 bits per heavy atom. The van der Waals surface area contributed by atoms with Crippen molar-refractivity contribution < 1.29 is 9.47 Å². The number of guanidine groups is 1. The fourth-order valence-electron chi connectivity index (χ4n) is 4.78. The molecule has 0 bridgehead atoms. The summed E-state index contributed by atoms with van der Waals surface area (Å²) in [5.74, 6) is 0.948. The van der Waals surface area contributed by atoms with E-state index >= 15 is 0 Å². The van der Waals surface area contributed by atoms with Gasteiger partial charge in [0.2, 0.25) is 0 Å². The van der Waals surface area contributed by atoms with Gasteiger partial charge in [-0.15, -0.1) is 24.0 Å². The lowest BCUT2D eigenvalue weighted by atomic mass is 10.1. The summed E-state index contributed by atoms with van der Waals surface area (Å²) in [6.07, 6.45) is 3.88. The molecule has 2 atom stereocenters. The van der Waals surface area contributed by atoms with Crippen LogP contribution >= 0.6 is 24.0 Å². The maximum atomic E-state index is 5.98. The summed E-state index contributed by atoms with van der Waals surface area (Å²) in [4.78, 5) is 11.8. The van der Waals surface area contributed by atoms with E-state index in [1.807, 2.05) is 7.05 Å². The first kappa shape index (κ1) is 25.7. The second-order valence-corrected chi connectivity index (χ2v) is 9.06. The van der Waals surface area contributed by atoms with Gasteiger partial charge >= 0.3 is 0 Å². The molecule has 1 aromatic carbocycles. The number of hydrogen-bond acceptors (Lipinski definition) is 5. The first-order valence-electron chi connectivity index (χ1n) is 11.9. The highest BCUT2D eigenvalue weighted by Crippen LogP contribution is 2.21. The van der Waals surface area contributed by atoms with Crippen LogP contribution in [0.1, 0.15) is 30.4 Å². The highest BCUT2D eigenvalue weighted by Gasteiger charge is 2.32. The highest BCUT2D eigenvalue weighted by molar-refractivity contribution is 14.0. The molecular formula is C24H40IN5O2. The minimum atomic E-state index is 0. The second-order valence-electron chi connectivity index (χ2n) is 9.06. The van der Waals surface area contributed by atoms with Gasteiger partial charge in [-0.05, 0) is 50.5 Å². The summed E-state index contributed by atoms with van der Waals surface area (Å²) in [6, 6.07) is 9.04. The first-order chi connectivity index (χ1) is 15.2. The molecule has 1 N–H and O–H groups in total. The Labute approximate surface area is 210 Å². The van der Waals surface area contributed by atoms with Crippen molar-refractivity contribution in [2.75, 3.05) is 66.6 Å². The smallest absolute Gasteiger partial charge is 0.194 e. The molecule has 1 aromatic rings. The molecule has 32 heavy (non-hydrogen) atoms. The van der Waals surface area contributed by atoms with Gasteiger partial charge in [0.1, 0.15) is 6.10 Å². The molecule has 3 aliphatic rings. The Morgan fingerprint density at radius 3 is 2.50 bits per heavy atom. The van der Waals surface area contributed by atoms with Crippen molar-refractivity contribution in [3.63, 3.8) is 0 Å². The standard InChI is InChI=1S/C24H39N5O2.HI/c1-25-24(29-14-16-31-23(19-29)22-5-3-15-30-22)26-17-20-6-8-21(9-7-20)18-28-11-4-10-27(2)12-13-28;/h6-9,22-23H,3-5,10-19H2,1-2H3,(H,25,26);1H. The van der Waals surface area contributed by atoms with E-state index < -0.39 is 0 Å². The molecule has 7 nitrogen and oxygen atoms in total. The number of nitrogens with one attached hydrogen (secondary N) is 1. The third kappa shape index (κ3) is 7.28. The van der Waals surface area contributed by atoms with Gasteiger partial charge in [0.05, 0.1) is 12.7 Å². The van der Waals surface area contributed by atoms with Crippen molar-refractivity contribution in [1.82, 2.24) is 20.0 Å². The Hall–Kier alpha value is -0.940. The van der Waals surface area contributed by atoms with Gasteiger partial charge in [-0.1, -0.05) is 24.3 Å². The van der Waals surface area contributed by atoms with Gasteiger partial charge in [-0.25, -0.2) is 0 Å². The highest BCUT2D eigenvalue weighted by atomic mass is 127. The van der Waals surface area contributed by atoms with Gasteiger partial charge in [-0.3, -0.25) is 9.89 Å². The molecule has 0 saturated carbocycles. The zero-order valence-corrected chi connectivity index (χ0v) is 22.0. The number of likely N-dealkylation sites (N-methyl/N-ethyl adjacent to an activating group) is 1. The van der Waals surface area contributed by atoms with Crippen LogP contribution in [0, 0.1) is 0 Å². The third-order valence-electron chi connectivity index (χ3n) is 6.68. The van der Waals surface area contributed by atoms with Crippen LogP contribution in [-0.2, 0) is 22.6 Å². The lowest BCUT2D eigenvalue weighted by Crippen LogP contribution is -2.53. The molecule has 0 radical (unpaired) electrons. The SMILES string of the molecule is CN=C(NCc1ccc(CN2CCCN(C)CC2)cc1)N1CCOC(C2CCCO2)C1.I. The van der Waals surface area contributed by atoms with Crippen LogP contribution in [0.15, 0.2) is 29.3 Å². The van der Waals surface area contributed by atoms with Gasteiger partial charge < -0.3 is 24.6 Å². The maximum absolute atomic E-state index is 5.98. The van der Waals surface area contributed by atoms with Crippen LogP contribution in [0.25, 0.3) is 0 Å². The zero-order chi connectivity index (χ0) is 21.5. The number of halogens is 1. The summed E-state index contributed by atoms with van der Waals surface area (Å²) in [6.45, 7) is 9.84. The molecule has 0 aliphatic carbocycles. The fraction of sp³-hybridized carbons (Fsp3) is 0.708. The number of morpholine rings is 1. The number of nitrogens with zero attached hydrogens (tertiary/aromatic N) is 4. The molecular weight excluding hydrogens is 517 g/mol. The van der Waals surface area contributed by atoms with E-state index in [0.717, 1.165) is 71.3 Å². The largest absolute Gasteiger partial charge is 0.375 e. The van der Waals surface area contributed by atoms with Crippen LogP contribution < -0.4 is 5.32 Å². The normalized spacial score (nSPS) is 25.9. The van der Waals surface area contributed by atoms with Gasteiger partial charge in [-0.2, -0.15) is 0 Å². The van der Waals surface area contributed by atoms with Crippen molar-refractivity contribution in [3.8, 4) is 0 Å². The van der Waals surface area contributed by atoms with Crippen LogP contribution in [-0.4, -0.2) is 99.4 Å². The van der Waals surface area contributed by atoms with E-state index in [4.69, 9.17) is 9.47 Å². The van der Waals surface area contributed by atoms with E-state index in [1.54, 1.807) is 0 Å². The molecule has 2 unspecified atom stereocenters. The minimum Gasteiger partial charge on any atom is -0.375 e. The van der Waals surface area contributed by atoms with E-state index in [2.05, 4.69) is 56.3 Å². The van der Waals surface area contributed by atoms with Crippen LogP contribution in [0.2, 0.25) is 0 Å². The number of rotatable bonds is 5. The Bertz CT molecular complexity index is 711. The topological polar surface area (TPSA) is 52.6 Å². The second kappa shape index (κ2) is 13.1. The summed E-state index contributed by atoms with van der Waals surface area (Å²) in [5.41, 5.74) is 2.68. The molecule has 0 amide bonds. The molecule has 3 saturated heterocycles. The molecule has 3 heterocycles. The quantitative estimate of drug-likeness (QED) is 0.341. The van der Waals surface area contributed by atoms with Crippen LogP contribution in [0.4, 0.5) is 0 Å². The lowest BCUT2D eigenvalue weighted by molar-refractivity contribution is -0.0817. The van der Waals surface area contributed by atoms with Crippen LogP contribution in [0.5, 0.6) is 0 Å². The number of aliphatic imine (C=N–C) groups is 1. The van der Waals surface area contributed by atoms with E-state index in [9.17, 15) is 0 Å². The molecule has 3 fully saturated rings. The van der Waals surface area contributed by atoms with Crippen molar-refractivity contribution in [2.45, 2.75) is 44.6 Å². The van der Waals surface area contributed by atoms with Crippen molar-refractivity contribution in [2.24, 2.45) is 4.99 Å². The summed E-state index contributed by atoms with van der Waals surface area (Å²) >= 11 is 0. The Balaban J connectivity index is 0.00000289. The molecule has 3 aliphatic heterocycles. The van der Waals surface area contributed by atoms with Gasteiger partial charge in [0, 0.05) is 52.9 Å². The lowest BCUT2D eigenvalue weighted by Gasteiger charge is -2.37. The van der Waals surface area contributed by atoms with Crippen molar-refractivity contribution >= 4 is 29.9 Å². The minimum absolute atomic E-state index is 0. The zero-order valence-electron chi connectivity index (χ0n) is 19.7. The van der Waals surface area contributed by atoms with E-state index in [0.29, 0.717) is 0 Å². The monoisotopic (exact) mass is 557 g/mol. The average molecular weight is 558 g/mol. The van der Waals surface area contributed by atoms with Crippen LogP contribution in [0.3, 0.4) is 0 Å². The van der Waals surface area contributed by atoms with Gasteiger partial charge in [0.15, 0.2) is 5.96 Å². The first-order valence-corrected chi connectivity index (χ1v) is 11.9. The molecule has 0 aromatic heterocycles. The summed E-state index contributed by atoms with van der Waals surface area (Å²) in [7, 11) is 4.08. The van der Waals surface area contributed by atoms with Crippen molar-refractivity contribution in [1.29, 1.82) is 0 Å². The van der Waals surface area contributed by atoms with Crippen molar-refractivity contribution in [3.05, 3.63) is 35.4 Å². The van der Waals surface area contributed by atoms with Gasteiger partial charge in [0.25, 0.3) is 0 Å². The Kier molecular flexibility index (Phi) is 10.5. The molecule has 8 heteroatoms. The number of benzene rings is 1. The summed E-state index contributed by atoms with van der Waals surface area (Å²) < 4.78 is 11.8. The maximum Gasteiger partial charge on any atom is 0.194 e. The predicted molar refractivity (Wildman–Crippen MR) is 140 cm³/mol. The number of hydrogen-bond donors (Lipinski definition) is 1. The third-order valence-corrected chi connectivity index (χ3v) is 6.68. The molecule has 180 valence electrons.